The molecule has 0 aromatic carbocycles. The van der Waals surface area contributed by atoms with E-state index in [1.807, 2.05) is 21.1 Å². The van der Waals surface area contributed by atoms with Crippen molar-refractivity contribution in [3.8, 4) is 0 Å². The molecule has 0 saturated carbocycles. The van der Waals surface area contributed by atoms with E-state index in [2.05, 4.69) is 0 Å². The SMILES string of the molecule is C[N+](C)(C)CC(O)CC(=O)[O-].[Pb]. The summed E-state index contributed by atoms with van der Waals surface area (Å²) in [5.74, 6) is -1.20. The summed E-state index contributed by atoms with van der Waals surface area (Å²) in [4.78, 5) is 10.0. The zero-order valence-corrected chi connectivity index (χ0v) is 11.6. The predicted molar refractivity (Wildman–Crippen MR) is 44.3 cm³/mol. The predicted octanol–water partition coefficient (Wildman–Crippen LogP) is -2.19. The summed E-state index contributed by atoms with van der Waals surface area (Å²) in [7, 11) is 5.66. The summed E-state index contributed by atoms with van der Waals surface area (Å²) in [6.45, 7) is 0.425. The number of aliphatic carboxylic acids is 1. The van der Waals surface area contributed by atoms with Crippen LogP contribution in [0.5, 0.6) is 0 Å². The van der Waals surface area contributed by atoms with Crippen LogP contribution >= 0.6 is 0 Å². The summed E-state index contributed by atoms with van der Waals surface area (Å²) in [5, 5.41) is 19.1. The standard InChI is InChI=1S/C7H15NO3.Pb/c1-8(2,3)5-6(9)4-7(10)11;/h6,9H,4-5H2,1-3H3;. The smallest absolute Gasteiger partial charge is 0.108 e. The van der Waals surface area contributed by atoms with E-state index in [0.717, 1.165) is 0 Å². The number of rotatable bonds is 4. The molecule has 0 aliphatic heterocycles. The fraction of sp³-hybridized carbons (Fsp3) is 0.857. The molecule has 1 unspecified atom stereocenters. The zero-order valence-electron chi connectivity index (χ0n) is 7.70. The van der Waals surface area contributed by atoms with Crippen LogP contribution in [0, 0.1) is 0 Å². The number of quaternary nitrogens is 1. The number of nitrogens with zero attached hydrogens (tertiary/aromatic N) is 1. The maximum absolute atomic E-state index is 10.0. The number of likely N-dealkylation sites (N-methyl/N-ethyl adjacent to an activating group) is 1. The molecule has 4 radical (unpaired) electrons. The van der Waals surface area contributed by atoms with Crippen molar-refractivity contribution >= 4 is 33.3 Å². The van der Waals surface area contributed by atoms with Gasteiger partial charge >= 0.3 is 0 Å². The van der Waals surface area contributed by atoms with Gasteiger partial charge in [-0.15, -0.1) is 0 Å². The van der Waals surface area contributed by atoms with Crippen LogP contribution in [0.4, 0.5) is 0 Å². The summed E-state index contributed by atoms with van der Waals surface area (Å²) < 4.78 is 0.550. The molecule has 1 atom stereocenters. The average Bonchev–Trinajstić information content (AvgIpc) is 1.53. The van der Waals surface area contributed by atoms with E-state index in [1.54, 1.807) is 0 Å². The van der Waals surface area contributed by atoms with E-state index >= 15 is 0 Å². The van der Waals surface area contributed by atoms with E-state index in [9.17, 15) is 9.90 Å². The van der Waals surface area contributed by atoms with Crippen LogP contribution in [0.15, 0.2) is 0 Å². The quantitative estimate of drug-likeness (QED) is 0.453. The number of carboxylic acid groups (broad SMARTS) is 1. The Morgan fingerprint density at radius 2 is 1.92 bits per heavy atom. The average molecular weight is 368 g/mol. The normalized spacial score (nSPS) is 13.3. The van der Waals surface area contributed by atoms with E-state index < -0.39 is 12.1 Å². The van der Waals surface area contributed by atoms with Crippen molar-refractivity contribution in [3.05, 3.63) is 0 Å². The molecule has 0 aliphatic carbocycles. The third kappa shape index (κ3) is 10.3. The second kappa shape index (κ2) is 5.87. The molecule has 0 bridgehead atoms. The van der Waals surface area contributed by atoms with Crippen LogP contribution < -0.4 is 5.11 Å². The third-order valence-corrected chi connectivity index (χ3v) is 1.16. The first kappa shape index (κ1) is 14.8. The number of hydrogen-bond acceptors (Lipinski definition) is 3. The van der Waals surface area contributed by atoms with Gasteiger partial charge < -0.3 is 19.5 Å². The second-order valence-corrected chi connectivity index (χ2v) is 3.70. The van der Waals surface area contributed by atoms with Gasteiger partial charge in [-0.05, 0) is 0 Å². The van der Waals surface area contributed by atoms with Crippen molar-refractivity contribution in [2.45, 2.75) is 12.5 Å². The van der Waals surface area contributed by atoms with Gasteiger partial charge in [0.1, 0.15) is 12.6 Å². The van der Waals surface area contributed by atoms with Crippen molar-refractivity contribution in [3.63, 3.8) is 0 Å². The number of carbonyl (C=O) groups is 1. The van der Waals surface area contributed by atoms with Gasteiger partial charge in [-0.3, -0.25) is 0 Å². The Balaban J connectivity index is 0. The molecular formula is C7H15NO3Pb. The molecule has 12 heavy (non-hydrogen) atoms. The first-order valence-corrected chi connectivity index (χ1v) is 3.49. The molecule has 0 rings (SSSR count). The van der Waals surface area contributed by atoms with Gasteiger partial charge in [0.05, 0.1) is 21.1 Å². The third-order valence-electron chi connectivity index (χ3n) is 1.16. The number of aliphatic hydroxyl groups is 1. The van der Waals surface area contributed by atoms with Gasteiger partial charge in [0.25, 0.3) is 0 Å². The molecule has 0 aromatic rings. The van der Waals surface area contributed by atoms with Gasteiger partial charge in [-0.1, -0.05) is 0 Å². The number of aliphatic hydroxyl groups excluding tert-OH is 1. The summed E-state index contributed by atoms with van der Waals surface area (Å²) in [6, 6.07) is 0. The maximum Gasteiger partial charge on any atom is 0.108 e. The van der Waals surface area contributed by atoms with E-state index in [4.69, 9.17) is 5.11 Å². The molecule has 0 aliphatic rings. The van der Waals surface area contributed by atoms with Gasteiger partial charge in [0.15, 0.2) is 0 Å². The molecule has 0 amide bonds. The fourth-order valence-electron chi connectivity index (χ4n) is 0.889. The van der Waals surface area contributed by atoms with Gasteiger partial charge in [0.2, 0.25) is 0 Å². The Morgan fingerprint density at radius 1 is 1.50 bits per heavy atom. The second-order valence-electron chi connectivity index (χ2n) is 3.70. The molecule has 0 aromatic heterocycles. The number of carboxylic acids is 1. The first-order chi connectivity index (χ1) is 4.81. The Hall–Kier alpha value is 0.312. The molecule has 0 saturated heterocycles. The summed E-state index contributed by atoms with van der Waals surface area (Å²) in [5.41, 5.74) is 0. The minimum absolute atomic E-state index is 0. The summed E-state index contributed by atoms with van der Waals surface area (Å²) in [6.07, 6.45) is -1.09. The molecule has 1 N–H and O–H groups in total. The molecule has 70 valence electrons. The largest absolute Gasteiger partial charge is 0.550 e. The van der Waals surface area contributed by atoms with Crippen LogP contribution in [0.25, 0.3) is 0 Å². The van der Waals surface area contributed by atoms with Gasteiger partial charge in [-0.25, -0.2) is 0 Å². The van der Waals surface area contributed by atoms with Crippen molar-refractivity contribution in [2.75, 3.05) is 27.7 Å². The van der Waals surface area contributed by atoms with Gasteiger partial charge in [-0.2, -0.15) is 0 Å². The Labute approximate surface area is 92.9 Å². The maximum atomic E-state index is 10.0. The monoisotopic (exact) mass is 369 g/mol. The van der Waals surface area contributed by atoms with Crippen LogP contribution in [-0.2, 0) is 4.79 Å². The van der Waals surface area contributed by atoms with Crippen molar-refractivity contribution in [1.82, 2.24) is 0 Å². The number of hydrogen-bond donors (Lipinski definition) is 1. The van der Waals surface area contributed by atoms with E-state index in [1.165, 1.54) is 0 Å². The molecule has 0 fully saturated rings. The van der Waals surface area contributed by atoms with Gasteiger partial charge in [0, 0.05) is 39.7 Å². The topological polar surface area (TPSA) is 60.4 Å². The fourth-order valence-corrected chi connectivity index (χ4v) is 0.889. The van der Waals surface area contributed by atoms with E-state index in [0.29, 0.717) is 11.0 Å². The molecule has 0 spiro atoms. The van der Waals surface area contributed by atoms with Crippen LogP contribution in [-0.4, -0.2) is 76.6 Å². The van der Waals surface area contributed by atoms with Crippen molar-refractivity contribution < 1.29 is 19.5 Å². The summed E-state index contributed by atoms with van der Waals surface area (Å²) >= 11 is 0. The van der Waals surface area contributed by atoms with Crippen LogP contribution in [0.2, 0.25) is 0 Å². The Morgan fingerprint density at radius 3 is 2.17 bits per heavy atom. The molecule has 0 heterocycles. The van der Waals surface area contributed by atoms with Crippen molar-refractivity contribution in [1.29, 1.82) is 0 Å². The van der Waals surface area contributed by atoms with E-state index in [-0.39, 0.29) is 33.7 Å². The van der Waals surface area contributed by atoms with Crippen molar-refractivity contribution in [2.24, 2.45) is 0 Å². The molecule has 5 heteroatoms. The Kier molecular flexibility index (Phi) is 7.25. The first-order valence-electron chi connectivity index (χ1n) is 3.49. The minimum Gasteiger partial charge on any atom is -0.550 e. The minimum atomic E-state index is -1.20. The van der Waals surface area contributed by atoms with Crippen LogP contribution in [0.3, 0.4) is 0 Å². The Bertz CT molecular complexity index is 144. The molecular weight excluding hydrogens is 353 g/mol. The zero-order chi connectivity index (χ0) is 9.07. The molecule has 4 nitrogen and oxygen atoms in total. The number of carbonyl (C=O) groups excluding carboxylic acids is 1. The van der Waals surface area contributed by atoms with Crippen LogP contribution in [0.1, 0.15) is 6.42 Å².